The molecule has 6 heteroatoms. The van der Waals surface area contributed by atoms with E-state index in [-0.39, 0.29) is 10.6 Å². The standard InChI is InChI=1S/C24H21N3O2S/c1-18-7-11-21(12-8-18)25-24-26(16-15-19-5-3-2-4-6-19)23(17-30-24)20-9-13-22(14-10-20)27(28)29/h2-14,17H,15-16H2,1H3. The van der Waals surface area contributed by atoms with Crippen LogP contribution in [0, 0.1) is 17.0 Å². The summed E-state index contributed by atoms with van der Waals surface area (Å²) >= 11 is 1.58. The van der Waals surface area contributed by atoms with E-state index in [2.05, 4.69) is 41.1 Å². The van der Waals surface area contributed by atoms with Crippen LogP contribution in [-0.2, 0) is 13.0 Å². The molecule has 4 aromatic rings. The maximum absolute atomic E-state index is 11.0. The Kier molecular flexibility index (Phi) is 5.86. The molecule has 4 rings (SSSR count). The number of benzene rings is 3. The van der Waals surface area contributed by atoms with Gasteiger partial charge in [0.05, 0.1) is 16.3 Å². The van der Waals surface area contributed by atoms with Crippen molar-refractivity contribution in [3.05, 3.63) is 110 Å². The summed E-state index contributed by atoms with van der Waals surface area (Å²) in [6.07, 6.45) is 0.874. The van der Waals surface area contributed by atoms with Crippen LogP contribution in [0.1, 0.15) is 11.1 Å². The molecule has 1 aromatic heterocycles. The van der Waals surface area contributed by atoms with Crippen LogP contribution in [0.3, 0.4) is 0 Å². The molecule has 0 N–H and O–H groups in total. The van der Waals surface area contributed by atoms with Crippen LogP contribution in [0.4, 0.5) is 11.4 Å². The molecule has 0 amide bonds. The van der Waals surface area contributed by atoms with Crippen LogP contribution in [0.5, 0.6) is 0 Å². The van der Waals surface area contributed by atoms with E-state index >= 15 is 0 Å². The molecule has 0 bridgehead atoms. The number of hydrogen-bond donors (Lipinski definition) is 0. The van der Waals surface area contributed by atoms with Crippen LogP contribution < -0.4 is 4.80 Å². The first kappa shape index (κ1) is 19.8. The van der Waals surface area contributed by atoms with E-state index in [9.17, 15) is 10.1 Å². The summed E-state index contributed by atoms with van der Waals surface area (Å²) in [6, 6.07) is 25.2. The molecule has 5 nitrogen and oxygen atoms in total. The summed E-state index contributed by atoms with van der Waals surface area (Å²) < 4.78 is 2.19. The number of non-ortho nitro benzene ring substituents is 1. The van der Waals surface area contributed by atoms with Gasteiger partial charge in [-0.2, -0.15) is 0 Å². The van der Waals surface area contributed by atoms with Crippen LogP contribution in [0.25, 0.3) is 11.3 Å². The molecule has 0 atom stereocenters. The summed E-state index contributed by atoms with van der Waals surface area (Å²) in [7, 11) is 0. The first-order valence-electron chi connectivity index (χ1n) is 9.68. The summed E-state index contributed by atoms with van der Waals surface area (Å²) in [5.74, 6) is 0. The fourth-order valence-corrected chi connectivity index (χ4v) is 4.19. The molecule has 150 valence electrons. The van der Waals surface area contributed by atoms with Gasteiger partial charge in [0.1, 0.15) is 0 Å². The molecular weight excluding hydrogens is 394 g/mol. The van der Waals surface area contributed by atoms with Gasteiger partial charge in [-0.15, -0.1) is 11.3 Å². The van der Waals surface area contributed by atoms with Crippen molar-refractivity contribution in [1.29, 1.82) is 0 Å². The zero-order valence-electron chi connectivity index (χ0n) is 16.6. The van der Waals surface area contributed by atoms with E-state index in [1.165, 1.54) is 11.1 Å². The van der Waals surface area contributed by atoms with Crippen molar-refractivity contribution < 1.29 is 4.92 Å². The predicted octanol–water partition coefficient (Wildman–Crippen LogP) is 5.91. The molecule has 0 aliphatic rings. The normalized spacial score (nSPS) is 11.6. The van der Waals surface area contributed by atoms with Gasteiger partial charge in [-0.25, -0.2) is 4.99 Å². The number of rotatable bonds is 6. The number of nitrogens with zero attached hydrogens (tertiary/aromatic N) is 3. The zero-order chi connectivity index (χ0) is 20.9. The molecule has 0 saturated carbocycles. The minimum atomic E-state index is -0.376. The SMILES string of the molecule is Cc1ccc(N=c2scc(-c3ccc([N+](=O)[O-])cc3)n2CCc2ccccc2)cc1. The molecular formula is C24H21N3O2S. The molecule has 0 unspecified atom stereocenters. The smallest absolute Gasteiger partial charge is 0.269 e. The van der Waals surface area contributed by atoms with E-state index in [4.69, 9.17) is 4.99 Å². The quantitative estimate of drug-likeness (QED) is 0.290. The molecule has 0 saturated heterocycles. The van der Waals surface area contributed by atoms with E-state index in [0.29, 0.717) is 0 Å². The van der Waals surface area contributed by atoms with Crippen molar-refractivity contribution in [2.45, 2.75) is 19.9 Å². The number of thiazole rings is 1. The third-order valence-electron chi connectivity index (χ3n) is 4.90. The van der Waals surface area contributed by atoms with E-state index < -0.39 is 0 Å². The van der Waals surface area contributed by atoms with Gasteiger partial charge in [0.15, 0.2) is 4.80 Å². The van der Waals surface area contributed by atoms with E-state index in [1.807, 2.05) is 30.3 Å². The Bertz CT molecular complexity index is 1210. The van der Waals surface area contributed by atoms with Crippen LogP contribution >= 0.6 is 11.3 Å². The van der Waals surface area contributed by atoms with Crippen molar-refractivity contribution >= 4 is 22.7 Å². The van der Waals surface area contributed by atoms with Gasteiger partial charge in [-0.05, 0) is 48.7 Å². The Morgan fingerprint density at radius 1 is 0.967 bits per heavy atom. The first-order valence-corrected chi connectivity index (χ1v) is 10.6. The molecule has 0 aliphatic heterocycles. The molecule has 0 spiro atoms. The summed E-state index contributed by atoms with van der Waals surface area (Å²) in [4.78, 5) is 16.4. The van der Waals surface area contributed by atoms with Gasteiger partial charge in [-0.1, -0.05) is 48.0 Å². The highest BCUT2D eigenvalue weighted by Crippen LogP contribution is 2.24. The average molecular weight is 416 g/mol. The Morgan fingerprint density at radius 3 is 2.33 bits per heavy atom. The number of aromatic nitrogens is 1. The van der Waals surface area contributed by atoms with Gasteiger partial charge < -0.3 is 4.57 Å². The molecule has 3 aromatic carbocycles. The lowest BCUT2D eigenvalue weighted by molar-refractivity contribution is -0.384. The van der Waals surface area contributed by atoms with Crippen molar-refractivity contribution in [3.8, 4) is 11.3 Å². The Balaban J connectivity index is 1.74. The molecule has 0 radical (unpaired) electrons. The lowest BCUT2D eigenvalue weighted by atomic mass is 10.1. The second-order valence-corrected chi connectivity index (χ2v) is 7.88. The Morgan fingerprint density at radius 2 is 1.67 bits per heavy atom. The zero-order valence-corrected chi connectivity index (χ0v) is 17.4. The predicted molar refractivity (Wildman–Crippen MR) is 121 cm³/mol. The van der Waals surface area contributed by atoms with Gasteiger partial charge in [0.25, 0.3) is 5.69 Å². The number of nitro benzene ring substituents is 1. The second kappa shape index (κ2) is 8.88. The van der Waals surface area contributed by atoms with Crippen LogP contribution in [0.2, 0.25) is 0 Å². The summed E-state index contributed by atoms with van der Waals surface area (Å²) in [5.41, 5.74) is 5.41. The average Bonchev–Trinajstić information content (AvgIpc) is 3.17. The van der Waals surface area contributed by atoms with Gasteiger partial charge in [0.2, 0.25) is 0 Å². The summed E-state index contributed by atoms with van der Waals surface area (Å²) in [5, 5.41) is 13.1. The molecule has 30 heavy (non-hydrogen) atoms. The lowest BCUT2D eigenvalue weighted by Crippen LogP contribution is -2.17. The fraction of sp³-hybridized carbons (Fsp3) is 0.125. The van der Waals surface area contributed by atoms with Gasteiger partial charge in [-0.3, -0.25) is 10.1 Å². The maximum atomic E-state index is 11.0. The van der Waals surface area contributed by atoms with Gasteiger partial charge >= 0.3 is 0 Å². The highest BCUT2D eigenvalue weighted by atomic mass is 32.1. The Hall–Kier alpha value is -3.51. The van der Waals surface area contributed by atoms with Gasteiger partial charge in [0, 0.05) is 24.1 Å². The van der Waals surface area contributed by atoms with Crippen LogP contribution in [-0.4, -0.2) is 9.49 Å². The number of hydrogen-bond acceptors (Lipinski definition) is 4. The minimum absolute atomic E-state index is 0.0920. The van der Waals surface area contributed by atoms with Crippen molar-refractivity contribution in [1.82, 2.24) is 4.57 Å². The first-order chi connectivity index (χ1) is 14.6. The number of nitro groups is 1. The number of aryl methyl sites for hydroxylation is 2. The highest BCUT2D eigenvalue weighted by Gasteiger charge is 2.11. The molecule has 0 aliphatic carbocycles. The second-order valence-electron chi connectivity index (χ2n) is 7.04. The third-order valence-corrected chi connectivity index (χ3v) is 5.76. The fourth-order valence-electron chi connectivity index (χ4n) is 3.23. The van der Waals surface area contributed by atoms with Crippen molar-refractivity contribution in [3.63, 3.8) is 0 Å². The minimum Gasteiger partial charge on any atom is -0.316 e. The molecule has 0 fully saturated rings. The van der Waals surface area contributed by atoms with E-state index in [1.54, 1.807) is 35.6 Å². The third kappa shape index (κ3) is 4.55. The lowest BCUT2D eigenvalue weighted by Gasteiger charge is -2.10. The topological polar surface area (TPSA) is 60.4 Å². The Labute approximate surface area is 178 Å². The monoisotopic (exact) mass is 415 g/mol. The molecule has 1 heterocycles. The largest absolute Gasteiger partial charge is 0.316 e. The van der Waals surface area contributed by atoms with Crippen molar-refractivity contribution in [2.24, 2.45) is 4.99 Å². The van der Waals surface area contributed by atoms with E-state index in [0.717, 1.165) is 34.7 Å². The maximum Gasteiger partial charge on any atom is 0.269 e. The highest BCUT2D eigenvalue weighted by molar-refractivity contribution is 7.07. The van der Waals surface area contributed by atoms with Crippen LogP contribution in [0.15, 0.2) is 89.2 Å². The van der Waals surface area contributed by atoms with Crippen molar-refractivity contribution in [2.75, 3.05) is 0 Å². The summed E-state index contributed by atoms with van der Waals surface area (Å²) in [6.45, 7) is 2.83.